The maximum absolute atomic E-state index is 12.7. The number of aryl methyl sites for hydroxylation is 1. The summed E-state index contributed by atoms with van der Waals surface area (Å²) in [6.45, 7) is 4.05. The molecule has 0 radical (unpaired) electrons. The normalized spacial score (nSPS) is 12.1. The van der Waals surface area contributed by atoms with Crippen LogP contribution in [0.3, 0.4) is 0 Å². The van der Waals surface area contributed by atoms with Crippen LogP contribution in [0.2, 0.25) is 0 Å². The van der Waals surface area contributed by atoms with Crippen LogP contribution >= 0.6 is 11.3 Å². The Bertz CT molecular complexity index is 1250. The third kappa shape index (κ3) is 4.33. The van der Waals surface area contributed by atoms with Crippen molar-refractivity contribution in [3.8, 4) is 17.2 Å². The molecule has 2 aromatic heterocycles. The van der Waals surface area contributed by atoms with Crippen molar-refractivity contribution in [3.05, 3.63) is 59.1 Å². The van der Waals surface area contributed by atoms with Crippen molar-refractivity contribution in [1.29, 1.82) is 0 Å². The number of nitrogens with one attached hydrogen (secondary N) is 1. The molecule has 31 heavy (non-hydrogen) atoms. The van der Waals surface area contributed by atoms with Gasteiger partial charge in [0.1, 0.15) is 17.2 Å². The number of methoxy groups -OCH3 is 1. The van der Waals surface area contributed by atoms with E-state index in [2.05, 4.69) is 10.3 Å². The first-order valence-electron chi connectivity index (χ1n) is 10.1. The van der Waals surface area contributed by atoms with Crippen molar-refractivity contribution in [3.63, 3.8) is 0 Å². The van der Waals surface area contributed by atoms with Gasteiger partial charge in [0.05, 0.1) is 24.3 Å². The lowest BCUT2D eigenvalue weighted by atomic mass is 10.1. The third-order valence-corrected chi connectivity index (χ3v) is 6.24. The number of hydrogen-bond donors (Lipinski definition) is 2. The average Bonchev–Trinajstić information content (AvgIpc) is 3.11. The highest BCUT2D eigenvalue weighted by Gasteiger charge is 2.18. The number of ether oxygens (including phenoxy) is 2. The van der Waals surface area contributed by atoms with Gasteiger partial charge in [0.15, 0.2) is 0 Å². The molecule has 0 fully saturated rings. The van der Waals surface area contributed by atoms with E-state index >= 15 is 0 Å². The predicted molar refractivity (Wildman–Crippen MR) is 124 cm³/mol. The van der Waals surface area contributed by atoms with Gasteiger partial charge < -0.3 is 19.9 Å². The van der Waals surface area contributed by atoms with E-state index in [0.29, 0.717) is 23.5 Å². The van der Waals surface area contributed by atoms with E-state index in [1.807, 2.05) is 56.3 Å². The maximum Gasteiger partial charge on any atom is 0.253 e. The summed E-state index contributed by atoms with van der Waals surface area (Å²) in [6, 6.07) is 13.2. The van der Waals surface area contributed by atoms with E-state index in [4.69, 9.17) is 9.47 Å². The van der Waals surface area contributed by atoms with Crippen LogP contribution in [0.4, 0.5) is 0 Å². The number of carbonyl (C=O) groups excluding carboxylic acids is 1. The van der Waals surface area contributed by atoms with Crippen LogP contribution in [0.25, 0.3) is 21.0 Å². The number of fused-ring (bicyclic) bond motifs is 2. The minimum Gasteiger partial charge on any atom is -0.497 e. The zero-order valence-electron chi connectivity index (χ0n) is 17.6. The van der Waals surface area contributed by atoms with Crippen molar-refractivity contribution in [2.24, 2.45) is 0 Å². The highest BCUT2D eigenvalue weighted by atomic mass is 32.1. The number of thiophene rings is 1. The molecule has 2 N–H and O–H groups in total. The first-order chi connectivity index (χ1) is 15.0. The molecular formula is C24H24N2O4S. The SMILES string of the molecule is CCC(O)CNC(=O)c1c(C)sc2cc(Oc3ccnc4cc(OC)ccc34)ccc12. The lowest BCUT2D eigenvalue weighted by Crippen LogP contribution is -2.31. The number of pyridine rings is 1. The highest BCUT2D eigenvalue weighted by molar-refractivity contribution is 7.19. The monoisotopic (exact) mass is 436 g/mol. The lowest BCUT2D eigenvalue weighted by Gasteiger charge is -2.10. The van der Waals surface area contributed by atoms with Gasteiger partial charge in [-0.1, -0.05) is 6.92 Å². The highest BCUT2D eigenvalue weighted by Crippen LogP contribution is 2.36. The van der Waals surface area contributed by atoms with Crippen molar-refractivity contribution in [1.82, 2.24) is 10.3 Å². The quantitative estimate of drug-likeness (QED) is 0.423. The van der Waals surface area contributed by atoms with Gasteiger partial charge in [0.2, 0.25) is 0 Å². The minimum atomic E-state index is -0.538. The number of aromatic nitrogens is 1. The molecule has 7 heteroatoms. The van der Waals surface area contributed by atoms with Gasteiger partial charge in [-0.05, 0) is 49.7 Å². The molecule has 0 aliphatic rings. The number of nitrogens with zero attached hydrogens (tertiary/aromatic N) is 1. The number of carbonyl (C=O) groups is 1. The molecule has 2 heterocycles. The predicted octanol–water partition coefficient (Wildman–Crippen LogP) is 5.06. The molecule has 0 aliphatic heterocycles. The van der Waals surface area contributed by atoms with Crippen LogP contribution in [0, 0.1) is 6.92 Å². The van der Waals surface area contributed by atoms with E-state index in [1.165, 1.54) is 0 Å². The van der Waals surface area contributed by atoms with Gasteiger partial charge in [-0.15, -0.1) is 11.3 Å². The molecule has 4 aromatic rings. The third-order valence-electron chi connectivity index (χ3n) is 5.17. The van der Waals surface area contributed by atoms with Crippen LogP contribution in [0.1, 0.15) is 28.6 Å². The molecule has 1 atom stereocenters. The Morgan fingerprint density at radius 1 is 1.16 bits per heavy atom. The zero-order valence-corrected chi connectivity index (χ0v) is 18.5. The summed E-state index contributed by atoms with van der Waals surface area (Å²) < 4.78 is 12.4. The number of aliphatic hydroxyl groups excluding tert-OH is 1. The largest absolute Gasteiger partial charge is 0.497 e. The fraction of sp³-hybridized carbons (Fsp3) is 0.250. The van der Waals surface area contributed by atoms with Crippen molar-refractivity contribution in [2.75, 3.05) is 13.7 Å². The number of hydrogen-bond acceptors (Lipinski definition) is 6. The molecule has 4 rings (SSSR count). The fourth-order valence-electron chi connectivity index (χ4n) is 3.43. The van der Waals surface area contributed by atoms with E-state index in [9.17, 15) is 9.90 Å². The summed E-state index contributed by atoms with van der Waals surface area (Å²) in [4.78, 5) is 18.0. The van der Waals surface area contributed by atoms with Crippen molar-refractivity contribution in [2.45, 2.75) is 26.4 Å². The number of rotatable bonds is 7. The van der Waals surface area contributed by atoms with Crippen LogP contribution < -0.4 is 14.8 Å². The Balaban J connectivity index is 1.62. The first-order valence-corrected chi connectivity index (χ1v) is 10.9. The van der Waals surface area contributed by atoms with Crippen LogP contribution in [0.15, 0.2) is 48.7 Å². The Labute approximate surface area is 184 Å². The molecule has 1 amide bonds. The second kappa shape index (κ2) is 8.91. The molecule has 0 bridgehead atoms. The standard InChI is InChI=1S/C24H24N2O4S/c1-4-15(27)13-26-24(28)23-14(2)31-22-12-17(6-8-19(22)23)30-21-9-10-25-20-11-16(29-3)5-7-18(20)21/h5-12,15,27H,4,13H2,1-3H3,(H,26,28). The van der Waals surface area contributed by atoms with Gasteiger partial charge >= 0.3 is 0 Å². The van der Waals surface area contributed by atoms with Crippen molar-refractivity contribution >= 4 is 38.2 Å². The van der Waals surface area contributed by atoms with Gasteiger partial charge in [0, 0.05) is 39.2 Å². The van der Waals surface area contributed by atoms with E-state index in [-0.39, 0.29) is 12.5 Å². The smallest absolute Gasteiger partial charge is 0.253 e. The Kier molecular flexibility index (Phi) is 6.06. The molecule has 1 unspecified atom stereocenters. The number of benzene rings is 2. The zero-order chi connectivity index (χ0) is 22.0. The van der Waals surface area contributed by atoms with Gasteiger partial charge in [-0.25, -0.2) is 0 Å². The van der Waals surface area contributed by atoms with Gasteiger partial charge in [0.25, 0.3) is 5.91 Å². The molecule has 160 valence electrons. The topological polar surface area (TPSA) is 80.7 Å². The molecule has 0 spiro atoms. The second-order valence-corrected chi connectivity index (χ2v) is 8.51. The molecular weight excluding hydrogens is 412 g/mol. The van der Waals surface area contributed by atoms with Crippen molar-refractivity contribution < 1.29 is 19.4 Å². The first kappa shape index (κ1) is 21.1. The van der Waals surface area contributed by atoms with E-state index < -0.39 is 6.10 Å². The van der Waals surface area contributed by atoms with Crippen LogP contribution in [-0.4, -0.2) is 35.8 Å². The van der Waals surface area contributed by atoms with E-state index in [1.54, 1.807) is 24.6 Å². The summed E-state index contributed by atoms with van der Waals surface area (Å²) in [6.07, 6.45) is 1.77. The summed E-state index contributed by atoms with van der Waals surface area (Å²) in [5.41, 5.74) is 1.44. The molecule has 0 saturated carbocycles. The van der Waals surface area contributed by atoms with Gasteiger partial charge in [-0.3, -0.25) is 9.78 Å². The van der Waals surface area contributed by atoms with E-state index in [0.717, 1.165) is 31.6 Å². The summed E-state index contributed by atoms with van der Waals surface area (Å²) >= 11 is 1.55. The molecule has 2 aromatic carbocycles. The minimum absolute atomic E-state index is 0.168. The summed E-state index contributed by atoms with van der Waals surface area (Å²) in [5.74, 6) is 1.96. The Morgan fingerprint density at radius 3 is 2.71 bits per heavy atom. The second-order valence-electron chi connectivity index (χ2n) is 7.26. The molecule has 0 saturated heterocycles. The molecule has 6 nitrogen and oxygen atoms in total. The Hall–Kier alpha value is -3.16. The summed E-state index contributed by atoms with van der Waals surface area (Å²) in [5, 5.41) is 14.3. The molecule has 0 aliphatic carbocycles. The fourth-order valence-corrected chi connectivity index (χ4v) is 4.52. The number of aliphatic hydroxyl groups is 1. The van der Waals surface area contributed by atoms with Crippen LogP contribution in [-0.2, 0) is 0 Å². The van der Waals surface area contributed by atoms with Gasteiger partial charge in [-0.2, -0.15) is 0 Å². The summed E-state index contributed by atoms with van der Waals surface area (Å²) in [7, 11) is 1.63. The number of amides is 1. The average molecular weight is 437 g/mol. The Morgan fingerprint density at radius 2 is 1.94 bits per heavy atom. The maximum atomic E-state index is 12.7. The van der Waals surface area contributed by atoms with Crippen LogP contribution in [0.5, 0.6) is 17.2 Å². The lowest BCUT2D eigenvalue weighted by molar-refractivity contribution is 0.0915.